The largest absolute Gasteiger partial charge is 0.341 e. The summed E-state index contributed by atoms with van der Waals surface area (Å²) in [5.41, 5.74) is 2.21. The standard InChI is InChI=1S/C18H24N4OS2/c1-12-4-6-15(7-5-12)19-17-20-21-18(25-17)24-11-16(23)22-9-13(2)8-14(3)10-22/h4-7,13-14H,8-11H2,1-3H3,(H,19,20)/t13-,14-/m0/s1. The number of carbonyl (C=O) groups excluding carboxylic acids is 1. The van der Waals surface area contributed by atoms with Gasteiger partial charge in [0.15, 0.2) is 4.34 Å². The zero-order valence-corrected chi connectivity index (χ0v) is 16.5. The minimum atomic E-state index is 0.201. The van der Waals surface area contributed by atoms with E-state index in [2.05, 4.69) is 48.4 Å². The summed E-state index contributed by atoms with van der Waals surface area (Å²) in [6.45, 7) is 8.25. The van der Waals surface area contributed by atoms with E-state index in [1.165, 1.54) is 35.1 Å². The average molecular weight is 377 g/mol. The first-order valence-corrected chi connectivity index (χ1v) is 10.4. The molecule has 1 saturated heterocycles. The van der Waals surface area contributed by atoms with Gasteiger partial charge >= 0.3 is 0 Å². The van der Waals surface area contributed by atoms with Gasteiger partial charge in [-0.3, -0.25) is 4.79 Å². The third kappa shape index (κ3) is 5.19. The summed E-state index contributed by atoms with van der Waals surface area (Å²) in [6.07, 6.45) is 1.21. The van der Waals surface area contributed by atoms with Gasteiger partial charge in [-0.15, -0.1) is 10.2 Å². The fraction of sp³-hybridized carbons (Fsp3) is 0.500. The van der Waals surface area contributed by atoms with Crippen LogP contribution in [0.2, 0.25) is 0 Å². The minimum Gasteiger partial charge on any atom is -0.341 e. The molecular weight excluding hydrogens is 352 g/mol. The summed E-state index contributed by atoms with van der Waals surface area (Å²) in [5, 5.41) is 12.3. The molecule has 0 unspecified atom stereocenters. The van der Waals surface area contributed by atoms with Crippen molar-refractivity contribution < 1.29 is 4.79 Å². The van der Waals surface area contributed by atoms with Gasteiger partial charge in [-0.2, -0.15) is 0 Å². The Bertz CT molecular complexity index is 706. The maximum Gasteiger partial charge on any atom is 0.233 e. The number of nitrogens with one attached hydrogen (secondary N) is 1. The van der Waals surface area contributed by atoms with Gasteiger partial charge in [0.2, 0.25) is 11.0 Å². The second-order valence-electron chi connectivity index (χ2n) is 6.90. The molecule has 0 radical (unpaired) electrons. The van der Waals surface area contributed by atoms with E-state index in [-0.39, 0.29) is 5.91 Å². The molecule has 1 fully saturated rings. The van der Waals surface area contributed by atoms with E-state index in [1.807, 2.05) is 17.0 Å². The highest BCUT2D eigenvalue weighted by Gasteiger charge is 2.25. The molecule has 0 saturated carbocycles. The summed E-state index contributed by atoms with van der Waals surface area (Å²) < 4.78 is 0.820. The lowest BCUT2D eigenvalue weighted by atomic mass is 9.92. The number of nitrogens with zero attached hydrogens (tertiary/aromatic N) is 3. The molecule has 7 heteroatoms. The van der Waals surface area contributed by atoms with Crippen LogP contribution in [-0.2, 0) is 4.79 Å². The van der Waals surface area contributed by atoms with Crippen molar-refractivity contribution in [3.05, 3.63) is 29.8 Å². The number of piperidine rings is 1. The van der Waals surface area contributed by atoms with Gasteiger partial charge in [-0.1, -0.05) is 54.6 Å². The lowest BCUT2D eigenvalue weighted by Crippen LogP contribution is -2.43. The molecule has 0 bridgehead atoms. The van der Waals surface area contributed by atoms with Crippen LogP contribution in [0.4, 0.5) is 10.8 Å². The lowest BCUT2D eigenvalue weighted by Gasteiger charge is -2.34. The summed E-state index contributed by atoms with van der Waals surface area (Å²) in [4.78, 5) is 14.4. The molecule has 1 amide bonds. The Morgan fingerprint density at radius 1 is 1.24 bits per heavy atom. The lowest BCUT2D eigenvalue weighted by molar-refractivity contribution is -0.130. The van der Waals surface area contributed by atoms with Crippen molar-refractivity contribution >= 4 is 39.8 Å². The number of rotatable bonds is 5. The van der Waals surface area contributed by atoms with E-state index in [0.29, 0.717) is 17.6 Å². The van der Waals surface area contributed by atoms with Crippen molar-refractivity contribution in [3.8, 4) is 0 Å². The summed E-state index contributed by atoms with van der Waals surface area (Å²) >= 11 is 2.95. The molecule has 0 spiro atoms. The normalized spacial score (nSPS) is 20.5. The molecule has 1 aromatic heterocycles. The van der Waals surface area contributed by atoms with Gasteiger partial charge < -0.3 is 10.2 Å². The molecule has 2 heterocycles. The van der Waals surface area contributed by atoms with Crippen LogP contribution in [0, 0.1) is 18.8 Å². The molecule has 2 aromatic rings. The van der Waals surface area contributed by atoms with Crippen LogP contribution < -0.4 is 5.32 Å². The van der Waals surface area contributed by atoms with Crippen LogP contribution in [0.3, 0.4) is 0 Å². The van der Waals surface area contributed by atoms with E-state index in [4.69, 9.17) is 0 Å². The van der Waals surface area contributed by atoms with Gasteiger partial charge in [0.25, 0.3) is 0 Å². The van der Waals surface area contributed by atoms with Gasteiger partial charge in [0, 0.05) is 18.8 Å². The number of benzene rings is 1. The van der Waals surface area contributed by atoms with Crippen LogP contribution in [0.5, 0.6) is 0 Å². The predicted octanol–water partition coefficient (Wildman–Crippen LogP) is 4.19. The molecule has 3 rings (SSSR count). The SMILES string of the molecule is Cc1ccc(Nc2nnc(SCC(=O)N3C[C@@H](C)C[C@H](C)C3)s2)cc1. The molecule has 1 N–H and O–H groups in total. The first kappa shape index (κ1) is 18.2. The Morgan fingerprint density at radius 3 is 2.60 bits per heavy atom. The van der Waals surface area contributed by atoms with Gasteiger partial charge in [-0.05, 0) is 37.3 Å². The highest BCUT2D eigenvalue weighted by Crippen LogP contribution is 2.28. The Labute approximate surface area is 157 Å². The second kappa shape index (κ2) is 8.19. The number of thioether (sulfide) groups is 1. The molecule has 1 aromatic carbocycles. The third-order valence-electron chi connectivity index (χ3n) is 4.25. The maximum atomic E-state index is 12.4. The second-order valence-corrected chi connectivity index (χ2v) is 9.10. The molecule has 1 aliphatic heterocycles. The van der Waals surface area contributed by atoms with E-state index in [1.54, 1.807) is 0 Å². The molecular formula is C18H24N4OS2. The molecule has 134 valence electrons. The quantitative estimate of drug-likeness (QED) is 0.793. The van der Waals surface area contributed by atoms with Crippen LogP contribution in [0.15, 0.2) is 28.6 Å². The molecule has 1 aliphatic rings. The first-order valence-electron chi connectivity index (χ1n) is 8.57. The van der Waals surface area contributed by atoms with Crippen molar-refractivity contribution in [3.63, 3.8) is 0 Å². The van der Waals surface area contributed by atoms with Crippen molar-refractivity contribution in [2.45, 2.75) is 31.5 Å². The highest BCUT2D eigenvalue weighted by atomic mass is 32.2. The van der Waals surface area contributed by atoms with Crippen LogP contribution in [0.1, 0.15) is 25.8 Å². The van der Waals surface area contributed by atoms with E-state index < -0.39 is 0 Å². The Morgan fingerprint density at radius 2 is 1.92 bits per heavy atom. The topological polar surface area (TPSA) is 58.1 Å². The van der Waals surface area contributed by atoms with Crippen molar-refractivity contribution in [1.82, 2.24) is 15.1 Å². The highest BCUT2D eigenvalue weighted by molar-refractivity contribution is 8.01. The molecule has 5 nitrogen and oxygen atoms in total. The van der Waals surface area contributed by atoms with Crippen molar-refractivity contribution in [2.75, 3.05) is 24.2 Å². The smallest absolute Gasteiger partial charge is 0.233 e. The Balaban J connectivity index is 1.51. The number of anilines is 2. The number of hydrogen-bond acceptors (Lipinski definition) is 6. The number of amides is 1. The minimum absolute atomic E-state index is 0.201. The van der Waals surface area contributed by atoms with E-state index >= 15 is 0 Å². The monoisotopic (exact) mass is 376 g/mol. The van der Waals surface area contributed by atoms with Gasteiger partial charge in [0.1, 0.15) is 0 Å². The van der Waals surface area contributed by atoms with Crippen LogP contribution in [0.25, 0.3) is 0 Å². The first-order chi connectivity index (χ1) is 12.0. The van der Waals surface area contributed by atoms with Crippen molar-refractivity contribution in [2.24, 2.45) is 11.8 Å². The fourth-order valence-corrected chi connectivity index (χ4v) is 4.84. The number of carbonyl (C=O) groups is 1. The Hall–Kier alpha value is -1.60. The van der Waals surface area contributed by atoms with Gasteiger partial charge in [0.05, 0.1) is 5.75 Å². The zero-order valence-electron chi connectivity index (χ0n) is 14.9. The van der Waals surface area contributed by atoms with Crippen molar-refractivity contribution in [1.29, 1.82) is 0 Å². The van der Waals surface area contributed by atoms with Gasteiger partial charge in [-0.25, -0.2) is 0 Å². The summed E-state index contributed by atoms with van der Waals surface area (Å²) in [5.74, 6) is 1.80. The number of likely N-dealkylation sites (tertiary alicyclic amines) is 1. The third-order valence-corrected chi connectivity index (χ3v) is 6.21. The van der Waals surface area contributed by atoms with Crippen LogP contribution >= 0.6 is 23.1 Å². The van der Waals surface area contributed by atoms with E-state index in [0.717, 1.165) is 28.2 Å². The molecule has 0 aliphatic carbocycles. The molecule has 25 heavy (non-hydrogen) atoms. The van der Waals surface area contributed by atoms with E-state index in [9.17, 15) is 4.79 Å². The fourth-order valence-electron chi connectivity index (χ4n) is 3.16. The zero-order chi connectivity index (χ0) is 17.8. The van der Waals surface area contributed by atoms with Crippen LogP contribution in [-0.4, -0.2) is 39.8 Å². The molecule has 2 atom stereocenters. The number of aromatic nitrogens is 2. The predicted molar refractivity (Wildman–Crippen MR) is 105 cm³/mol. The summed E-state index contributed by atoms with van der Waals surface area (Å²) in [6, 6.07) is 8.15. The number of hydrogen-bond donors (Lipinski definition) is 1. The summed E-state index contributed by atoms with van der Waals surface area (Å²) in [7, 11) is 0. The Kier molecular flexibility index (Phi) is 5.96. The maximum absolute atomic E-state index is 12.4. The number of aryl methyl sites for hydroxylation is 1. The average Bonchev–Trinajstić information content (AvgIpc) is 3.01.